The fourth-order valence-corrected chi connectivity index (χ4v) is 3.50. The molecule has 2 aromatic carbocycles. The van der Waals surface area contributed by atoms with E-state index >= 15 is 0 Å². The van der Waals surface area contributed by atoms with Crippen molar-refractivity contribution in [1.82, 2.24) is 10.0 Å². The minimum Gasteiger partial charge on any atom is -0.351 e. The second-order valence-electron chi connectivity index (χ2n) is 5.16. The number of carbonyl (C=O) groups is 1. The Balaban J connectivity index is 2.03. The fraction of sp³-hybridized carbons (Fsp3) is 0.188. The maximum Gasteiger partial charge on any atom is 0.417 e. The topological polar surface area (TPSA) is 75.3 Å². The normalized spacial score (nSPS) is 12.0. The minimum atomic E-state index is -4.88. The van der Waals surface area contributed by atoms with Crippen LogP contribution < -0.4 is 10.0 Å². The molecule has 0 bridgehead atoms. The van der Waals surface area contributed by atoms with Gasteiger partial charge in [-0.3, -0.25) is 4.79 Å². The lowest BCUT2D eigenvalue weighted by molar-refractivity contribution is -0.139. The van der Waals surface area contributed by atoms with Gasteiger partial charge in [0.1, 0.15) is 0 Å². The molecule has 0 heterocycles. The molecule has 0 aromatic heterocycles. The van der Waals surface area contributed by atoms with Crippen molar-refractivity contribution in [3.05, 3.63) is 64.7 Å². The highest BCUT2D eigenvalue weighted by Gasteiger charge is 2.37. The largest absolute Gasteiger partial charge is 0.417 e. The zero-order valence-electron chi connectivity index (χ0n) is 13.2. The second kappa shape index (κ2) is 8.07. The molecule has 0 fully saturated rings. The van der Waals surface area contributed by atoms with Crippen LogP contribution in [0.5, 0.6) is 0 Å². The summed E-state index contributed by atoms with van der Waals surface area (Å²) in [6, 6.07) is 10.6. The van der Waals surface area contributed by atoms with Crippen LogP contribution in [0.15, 0.2) is 53.4 Å². The SMILES string of the molecule is O=C(NCCNS(=O)(=O)c1ccc(Cl)cc1C(F)(F)F)c1ccccc1. The van der Waals surface area contributed by atoms with Crippen LogP contribution in [-0.4, -0.2) is 27.4 Å². The van der Waals surface area contributed by atoms with Gasteiger partial charge in [-0.25, -0.2) is 13.1 Å². The van der Waals surface area contributed by atoms with Gasteiger partial charge in [0, 0.05) is 23.7 Å². The van der Waals surface area contributed by atoms with E-state index < -0.39 is 32.6 Å². The van der Waals surface area contributed by atoms with Crippen LogP contribution in [0.25, 0.3) is 0 Å². The molecule has 1 amide bonds. The van der Waals surface area contributed by atoms with Gasteiger partial charge in [-0.15, -0.1) is 0 Å². The quantitative estimate of drug-likeness (QED) is 0.724. The lowest BCUT2D eigenvalue weighted by Gasteiger charge is -2.14. The highest BCUT2D eigenvalue weighted by Crippen LogP contribution is 2.35. The number of sulfonamides is 1. The van der Waals surface area contributed by atoms with Crippen LogP contribution >= 0.6 is 11.6 Å². The second-order valence-corrected chi connectivity index (χ2v) is 7.33. The van der Waals surface area contributed by atoms with Crippen LogP contribution in [0.1, 0.15) is 15.9 Å². The molecule has 0 spiro atoms. The predicted molar refractivity (Wildman–Crippen MR) is 90.4 cm³/mol. The Morgan fingerprint density at radius 3 is 2.31 bits per heavy atom. The summed E-state index contributed by atoms with van der Waals surface area (Å²) in [5.74, 6) is -0.424. The van der Waals surface area contributed by atoms with Gasteiger partial charge < -0.3 is 5.32 Å². The smallest absolute Gasteiger partial charge is 0.351 e. The first-order valence-electron chi connectivity index (χ1n) is 7.31. The molecule has 0 aliphatic carbocycles. The van der Waals surface area contributed by atoms with Crippen LogP contribution in [0, 0.1) is 0 Å². The summed E-state index contributed by atoms with van der Waals surface area (Å²) in [7, 11) is -4.43. The first-order valence-corrected chi connectivity index (χ1v) is 9.17. The molecule has 26 heavy (non-hydrogen) atoms. The summed E-state index contributed by atoms with van der Waals surface area (Å²) in [5.41, 5.74) is -0.974. The summed E-state index contributed by atoms with van der Waals surface area (Å²) in [5, 5.41) is 2.24. The lowest BCUT2D eigenvalue weighted by atomic mass is 10.2. The van der Waals surface area contributed by atoms with Gasteiger partial charge in [0.25, 0.3) is 5.91 Å². The van der Waals surface area contributed by atoms with Crippen LogP contribution in [-0.2, 0) is 16.2 Å². The third-order valence-corrected chi connectivity index (χ3v) is 5.03. The van der Waals surface area contributed by atoms with Gasteiger partial charge in [0.2, 0.25) is 10.0 Å². The molecular weight excluding hydrogens is 393 g/mol. The number of benzene rings is 2. The molecule has 5 nitrogen and oxygen atoms in total. The number of amides is 1. The first kappa shape index (κ1) is 20.2. The van der Waals surface area contributed by atoms with Crippen LogP contribution in [0.4, 0.5) is 13.2 Å². The van der Waals surface area contributed by atoms with E-state index in [0.717, 1.165) is 12.1 Å². The molecule has 2 N–H and O–H groups in total. The van der Waals surface area contributed by atoms with Crippen molar-refractivity contribution in [2.24, 2.45) is 0 Å². The third kappa shape index (κ3) is 5.20. The highest BCUT2D eigenvalue weighted by molar-refractivity contribution is 7.89. The molecule has 0 atom stereocenters. The Morgan fingerprint density at radius 1 is 1.04 bits per heavy atom. The number of hydrogen-bond acceptors (Lipinski definition) is 3. The molecule has 0 radical (unpaired) electrons. The third-order valence-electron chi connectivity index (χ3n) is 3.28. The standard InChI is InChI=1S/C16H14ClF3N2O3S/c17-12-6-7-14(13(10-12)16(18,19)20)26(24,25)22-9-8-21-15(23)11-4-2-1-3-5-11/h1-7,10,22H,8-9H2,(H,21,23). The van der Waals surface area contributed by atoms with Crippen molar-refractivity contribution in [1.29, 1.82) is 0 Å². The number of nitrogens with one attached hydrogen (secondary N) is 2. The summed E-state index contributed by atoms with van der Waals surface area (Å²) >= 11 is 5.53. The van der Waals surface area contributed by atoms with Gasteiger partial charge in [0.15, 0.2) is 0 Å². The van der Waals surface area contributed by atoms with E-state index in [1.54, 1.807) is 30.3 Å². The van der Waals surface area contributed by atoms with E-state index in [4.69, 9.17) is 11.6 Å². The maximum atomic E-state index is 13.0. The molecule has 0 saturated carbocycles. The van der Waals surface area contributed by atoms with E-state index in [2.05, 4.69) is 5.32 Å². The van der Waals surface area contributed by atoms with Gasteiger partial charge >= 0.3 is 6.18 Å². The lowest BCUT2D eigenvalue weighted by Crippen LogP contribution is -2.35. The summed E-state index contributed by atoms with van der Waals surface area (Å²) in [6.07, 6.45) is -4.88. The minimum absolute atomic E-state index is 0.0953. The van der Waals surface area contributed by atoms with E-state index in [1.165, 1.54) is 0 Å². The molecule has 0 aliphatic heterocycles. The highest BCUT2D eigenvalue weighted by atomic mass is 35.5. The van der Waals surface area contributed by atoms with Crippen molar-refractivity contribution >= 4 is 27.5 Å². The molecular formula is C16H14ClF3N2O3S. The molecule has 2 aromatic rings. The monoisotopic (exact) mass is 406 g/mol. The van der Waals surface area contributed by atoms with E-state index in [0.29, 0.717) is 11.6 Å². The molecule has 140 valence electrons. The van der Waals surface area contributed by atoms with E-state index in [9.17, 15) is 26.4 Å². The summed E-state index contributed by atoms with van der Waals surface area (Å²) in [4.78, 5) is 10.9. The molecule has 0 aliphatic rings. The molecule has 2 rings (SSSR count). The van der Waals surface area contributed by atoms with E-state index in [-0.39, 0.29) is 18.1 Å². The first-order chi connectivity index (χ1) is 12.1. The van der Waals surface area contributed by atoms with Gasteiger partial charge in [0.05, 0.1) is 10.5 Å². The Hall–Kier alpha value is -2.10. The molecule has 0 saturated heterocycles. The Bertz CT molecular complexity index is 887. The van der Waals surface area contributed by atoms with Gasteiger partial charge in [-0.2, -0.15) is 13.2 Å². The average molecular weight is 407 g/mol. The van der Waals surface area contributed by atoms with Crippen LogP contribution in [0.2, 0.25) is 5.02 Å². The van der Waals surface area contributed by atoms with Crippen molar-refractivity contribution in [3.63, 3.8) is 0 Å². The zero-order chi connectivity index (χ0) is 19.4. The molecule has 10 heteroatoms. The number of hydrogen-bond donors (Lipinski definition) is 2. The van der Waals surface area contributed by atoms with Crippen molar-refractivity contribution in [2.45, 2.75) is 11.1 Å². The average Bonchev–Trinajstić information content (AvgIpc) is 2.58. The van der Waals surface area contributed by atoms with Crippen molar-refractivity contribution < 1.29 is 26.4 Å². The summed E-state index contributed by atoms with van der Waals surface area (Å²) < 4.78 is 65.4. The predicted octanol–water partition coefficient (Wildman–Crippen LogP) is 3.07. The van der Waals surface area contributed by atoms with Crippen molar-refractivity contribution in [3.8, 4) is 0 Å². The maximum absolute atomic E-state index is 13.0. The molecule has 0 unspecified atom stereocenters. The zero-order valence-corrected chi connectivity index (χ0v) is 14.8. The van der Waals surface area contributed by atoms with Crippen LogP contribution in [0.3, 0.4) is 0 Å². The fourth-order valence-electron chi connectivity index (χ4n) is 2.09. The van der Waals surface area contributed by atoms with E-state index in [1.807, 2.05) is 4.72 Å². The Morgan fingerprint density at radius 2 is 1.69 bits per heavy atom. The Kier molecular flexibility index (Phi) is 6.27. The summed E-state index contributed by atoms with van der Waals surface area (Å²) in [6.45, 7) is -0.372. The van der Waals surface area contributed by atoms with Gasteiger partial charge in [-0.1, -0.05) is 29.8 Å². The number of carbonyl (C=O) groups excluding carboxylic acids is 1. The number of alkyl halides is 3. The van der Waals surface area contributed by atoms with Crippen molar-refractivity contribution in [2.75, 3.05) is 13.1 Å². The Labute approximate surface area is 153 Å². The van der Waals surface area contributed by atoms with Gasteiger partial charge in [-0.05, 0) is 30.3 Å². The number of rotatable bonds is 6. The number of halogens is 4.